The molecule has 0 saturated heterocycles. The summed E-state index contributed by atoms with van der Waals surface area (Å²) in [4.78, 5) is 11.9. The quantitative estimate of drug-likeness (QED) is 0.747. The predicted molar refractivity (Wildman–Crippen MR) is 77.8 cm³/mol. The van der Waals surface area contributed by atoms with Crippen LogP contribution in [0.15, 0.2) is 36.4 Å². The third-order valence-electron chi connectivity index (χ3n) is 2.70. The molecule has 0 bridgehead atoms. The number of ether oxygens (including phenoxy) is 1. The van der Waals surface area contributed by atoms with Gasteiger partial charge in [0, 0.05) is 21.2 Å². The molecule has 2 aromatic carbocycles. The summed E-state index contributed by atoms with van der Waals surface area (Å²) in [5, 5.41) is 0.828. The molecule has 0 aliphatic carbocycles. The highest BCUT2D eigenvalue weighted by molar-refractivity contribution is 6.35. The Morgan fingerprint density at radius 1 is 1.15 bits per heavy atom. The van der Waals surface area contributed by atoms with E-state index in [-0.39, 0.29) is 12.2 Å². The molecule has 0 saturated carbocycles. The molecule has 104 valence electrons. The Bertz CT molecular complexity index is 656. The lowest BCUT2D eigenvalue weighted by molar-refractivity contribution is 0.0527. The zero-order valence-corrected chi connectivity index (χ0v) is 12.1. The van der Waals surface area contributed by atoms with Crippen molar-refractivity contribution in [2.24, 2.45) is 0 Å². The van der Waals surface area contributed by atoms with Gasteiger partial charge >= 0.3 is 5.97 Å². The number of hydrogen-bond acceptors (Lipinski definition) is 2. The van der Waals surface area contributed by atoms with Gasteiger partial charge in [0.25, 0.3) is 0 Å². The molecule has 0 N–H and O–H groups in total. The van der Waals surface area contributed by atoms with E-state index >= 15 is 0 Å². The molecule has 0 spiro atoms. The van der Waals surface area contributed by atoms with E-state index in [1.54, 1.807) is 25.1 Å². The summed E-state index contributed by atoms with van der Waals surface area (Å²) >= 11 is 12.0. The monoisotopic (exact) mass is 312 g/mol. The minimum Gasteiger partial charge on any atom is -0.462 e. The summed E-state index contributed by atoms with van der Waals surface area (Å²) < 4.78 is 18.4. The van der Waals surface area contributed by atoms with Crippen LogP contribution >= 0.6 is 23.2 Å². The molecule has 0 atom stereocenters. The van der Waals surface area contributed by atoms with E-state index in [0.717, 1.165) is 0 Å². The zero-order chi connectivity index (χ0) is 14.7. The predicted octanol–water partition coefficient (Wildman–Crippen LogP) is 4.98. The molecule has 0 aliphatic heterocycles. The van der Waals surface area contributed by atoms with E-state index in [1.165, 1.54) is 18.2 Å². The van der Waals surface area contributed by atoms with Crippen LogP contribution in [0.25, 0.3) is 11.1 Å². The van der Waals surface area contributed by atoms with Gasteiger partial charge in [-0.2, -0.15) is 0 Å². The average molecular weight is 313 g/mol. The van der Waals surface area contributed by atoms with Gasteiger partial charge in [0.2, 0.25) is 0 Å². The van der Waals surface area contributed by atoms with E-state index in [9.17, 15) is 9.18 Å². The minimum atomic E-state index is -0.529. The summed E-state index contributed by atoms with van der Waals surface area (Å²) in [7, 11) is 0. The summed E-state index contributed by atoms with van der Waals surface area (Å²) in [5.74, 6) is -0.998. The average Bonchev–Trinajstić information content (AvgIpc) is 2.41. The molecule has 0 fully saturated rings. The van der Waals surface area contributed by atoms with E-state index in [4.69, 9.17) is 27.9 Å². The molecule has 2 aromatic rings. The van der Waals surface area contributed by atoms with Gasteiger partial charge in [-0.15, -0.1) is 0 Å². The van der Waals surface area contributed by atoms with E-state index in [1.807, 2.05) is 0 Å². The second kappa shape index (κ2) is 6.25. The largest absolute Gasteiger partial charge is 0.462 e. The van der Waals surface area contributed by atoms with Gasteiger partial charge < -0.3 is 4.74 Å². The summed E-state index contributed by atoms with van der Waals surface area (Å²) in [6.45, 7) is 1.94. The van der Waals surface area contributed by atoms with Crippen LogP contribution in [0.2, 0.25) is 10.0 Å². The van der Waals surface area contributed by atoms with E-state index in [0.29, 0.717) is 21.2 Å². The fraction of sp³-hybridized carbons (Fsp3) is 0.133. The van der Waals surface area contributed by atoms with Crippen molar-refractivity contribution >= 4 is 29.2 Å². The molecule has 2 nitrogen and oxygen atoms in total. The molecule has 0 heterocycles. The number of hydrogen-bond donors (Lipinski definition) is 0. The highest BCUT2D eigenvalue weighted by Crippen LogP contribution is 2.33. The first-order valence-corrected chi connectivity index (χ1v) is 6.70. The topological polar surface area (TPSA) is 26.3 Å². The van der Waals surface area contributed by atoms with Gasteiger partial charge in [-0.05, 0) is 43.3 Å². The normalized spacial score (nSPS) is 10.4. The molecular formula is C15H11Cl2FO2. The Morgan fingerprint density at radius 2 is 1.90 bits per heavy atom. The zero-order valence-electron chi connectivity index (χ0n) is 10.6. The van der Waals surface area contributed by atoms with Crippen molar-refractivity contribution in [2.75, 3.05) is 6.61 Å². The number of rotatable bonds is 3. The van der Waals surface area contributed by atoms with Crippen molar-refractivity contribution in [3.63, 3.8) is 0 Å². The minimum absolute atomic E-state index is 0.235. The molecular weight excluding hydrogens is 302 g/mol. The Balaban J connectivity index is 2.62. The molecule has 0 radical (unpaired) electrons. The van der Waals surface area contributed by atoms with Crippen LogP contribution in [0, 0.1) is 5.82 Å². The first kappa shape index (κ1) is 14.8. The van der Waals surface area contributed by atoms with Gasteiger partial charge in [0.1, 0.15) is 5.82 Å². The van der Waals surface area contributed by atoms with Crippen molar-refractivity contribution < 1.29 is 13.9 Å². The van der Waals surface area contributed by atoms with Crippen molar-refractivity contribution in [1.82, 2.24) is 0 Å². The van der Waals surface area contributed by atoms with Gasteiger partial charge in [-0.25, -0.2) is 9.18 Å². The van der Waals surface area contributed by atoms with Gasteiger partial charge in [0.05, 0.1) is 12.2 Å². The molecule has 0 unspecified atom stereocenters. The highest BCUT2D eigenvalue weighted by atomic mass is 35.5. The van der Waals surface area contributed by atoms with Gasteiger partial charge in [0.15, 0.2) is 0 Å². The maximum absolute atomic E-state index is 13.5. The van der Waals surface area contributed by atoms with Crippen LogP contribution in [0.4, 0.5) is 4.39 Å². The number of benzene rings is 2. The maximum Gasteiger partial charge on any atom is 0.338 e. The Hall–Kier alpha value is -1.58. The lowest BCUT2D eigenvalue weighted by Gasteiger charge is -2.11. The Morgan fingerprint density at radius 3 is 2.60 bits per heavy atom. The lowest BCUT2D eigenvalue weighted by Crippen LogP contribution is -2.07. The SMILES string of the molecule is CCOC(=O)c1ccc(F)cc1-c1cc(Cl)ccc1Cl. The molecule has 5 heteroatoms. The summed E-state index contributed by atoms with van der Waals surface area (Å²) in [5.41, 5.74) is 1.09. The molecule has 0 aliphatic rings. The van der Waals surface area contributed by atoms with Crippen LogP contribution < -0.4 is 0 Å². The Kier molecular flexibility index (Phi) is 4.63. The number of halogens is 3. The number of carbonyl (C=O) groups excluding carboxylic acids is 1. The van der Waals surface area contributed by atoms with Crippen molar-refractivity contribution in [2.45, 2.75) is 6.92 Å². The fourth-order valence-electron chi connectivity index (χ4n) is 1.83. The van der Waals surface area contributed by atoms with Crippen LogP contribution in [0.3, 0.4) is 0 Å². The number of carbonyl (C=O) groups is 1. The van der Waals surface area contributed by atoms with E-state index in [2.05, 4.69) is 0 Å². The third kappa shape index (κ3) is 3.11. The Labute approximate surface area is 126 Å². The second-order valence-electron chi connectivity index (χ2n) is 4.03. The van der Waals surface area contributed by atoms with Crippen LogP contribution in [-0.4, -0.2) is 12.6 Å². The smallest absolute Gasteiger partial charge is 0.338 e. The first-order chi connectivity index (χ1) is 9.52. The third-order valence-corrected chi connectivity index (χ3v) is 3.26. The first-order valence-electron chi connectivity index (χ1n) is 5.95. The van der Waals surface area contributed by atoms with Crippen LogP contribution in [-0.2, 0) is 4.74 Å². The molecule has 20 heavy (non-hydrogen) atoms. The van der Waals surface area contributed by atoms with Crippen LogP contribution in [0.1, 0.15) is 17.3 Å². The standard InChI is InChI=1S/C15H11Cl2FO2/c1-2-20-15(19)11-5-4-10(18)8-12(11)13-7-9(16)3-6-14(13)17/h3-8H,2H2,1H3. The van der Waals surface area contributed by atoms with Gasteiger partial charge in [-0.3, -0.25) is 0 Å². The summed E-state index contributed by atoms with van der Waals surface area (Å²) in [6, 6.07) is 8.62. The maximum atomic E-state index is 13.5. The summed E-state index contributed by atoms with van der Waals surface area (Å²) in [6.07, 6.45) is 0. The molecule has 2 rings (SSSR count). The lowest BCUT2D eigenvalue weighted by atomic mass is 9.99. The van der Waals surface area contributed by atoms with Crippen molar-refractivity contribution in [3.8, 4) is 11.1 Å². The van der Waals surface area contributed by atoms with E-state index < -0.39 is 11.8 Å². The number of esters is 1. The van der Waals surface area contributed by atoms with Crippen molar-refractivity contribution in [3.05, 3.63) is 57.8 Å². The van der Waals surface area contributed by atoms with Crippen molar-refractivity contribution in [1.29, 1.82) is 0 Å². The van der Waals surface area contributed by atoms with Crippen LogP contribution in [0.5, 0.6) is 0 Å². The second-order valence-corrected chi connectivity index (χ2v) is 4.88. The molecule has 0 aromatic heterocycles. The highest BCUT2D eigenvalue weighted by Gasteiger charge is 2.17. The van der Waals surface area contributed by atoms with Gasteiger partial charge in [-0.1, -0.05) is 23.2 Å². The fourth-order valence-corrected chi connectivity index (χ4v) is 2.22. The molecule has 0 amide bonds.